The molecule has 1 heteroatoms. The van der Waals surface area contributed by atoms with Crippen molar-refractivity contribution in [3.05, 3.63) is 81.4 Å². The third-order valence-electron chi connectivity index (χ3n) is 3.97. The molecule has 0 aromatic heterocycles. The fourth-order valence-corrected chi connectivity index (χ4v) is 3.42. The molecular formula is C20H17I. The van der Waals surface area contributed by atoms with Gasteiger partial charge in [-0.1, -0.05) is 60.7 Å². The van der Waals surface area contributed by atoms with Crippen molar-refractivity contribution in [2.75, 3.05) is 0 Å². The summed E-state index contributed by atoms with van der Waals surface area (Å²) in [6.07, 6.45) is 0. The van der Waals surface area contributed by atoms with Gasteiger partial charge in [0.25, 0.3) is 0 Å². The van der Waals surface area contributed by atoms with E-state index in [9.17, 15) is 0 Å². The Balaban J connectivity index is 2.08. The summed E-state index contributed by atoms with van der Waals surface area (Å²) < 4.78 is 1.29. The van der Waals surface area contributed by atoms with Gasteiger partial charge in [-0.2, -0.15) is 0 Å². The van der Waals surface area contributed by atoms with Crippen molar-refractivity contribution in [2.24, 2.45) is 0 Å². The molecule has 0 spiro atoms. The smallest absolute Gasteiger partial charge is 0.0214 e. The molecule has 21 heavy (non-hydrogen) atoms. The summed E-state index contributed by atoms with van der Waals surface area (Å²) >= 11 is 2.44. The van der Waals surface area contributed by atoms with E-state index in [0.29, 0.717) is 0 Å². The summed E-state index contributed by atoms with van der Waals surface area (Å²) in [6, 6.07) is 23.8. The van der Waals surface area contributed by atoms with Gasteiger partial charge in [-0.3, -0.25) is 0 Å². The average molecular weight is 384 g/mol. The minimum absolute atomic E-state index is 1.27. The van der Waals surface area contributed by atoms with Gasteiger partial charge in [0.05, 0.1) is 0 Å². The van der Waals surface area contributed by atoms with Crippen molar-refractivity contribution >= 4 is 22.6 Å². The number of hydrogen-bond donors (Lipinski definition) is 0. The maximum atomic E-state index is 2.44. The molecule has 0 unspecified atom stereocenters. The number of rotatable bonds is 2. The molecular weight excluding hydrogens is 367 g/mol. The molecule has 0 aliphatic rings. The summed E-state index contributed by atoms with van der Waals surface area (Å²) in [5.41, 5.74) is 7.89. The second kappa shape index (κ2) is 6.02. The molecule has 0 saturated heterocycles. The second-order valence-electron chi connectivity index (χ2n) is 5.31. The van der Waals surface area contributed by atoms with Crippen LogP contribution in [0.15, 0.2) is 66.7 Å². The Hall–Kier alpha value is -1.61. The molecule has 0 N–H and O–H groups in total. The van der Waals surface area contributed by atoms with E-state index in [1.165, 1.54) is 37.0 Å². The molecule has 0 aliphatic heterocycles. The third kappa shape index (κ3) is 2.88. The van der Waals surface area contributed by atoms with E-state index in [-0.39, 0.29) is 0 Å². The lowest BCUT2D eigenvalue weighted by atomic mass is 9.95. The van der Waals surface area contributed by atoms with Crippen LogP contribution in [-0.2, 0) is 0 Å². The van der Waals surface area contributed by atoms with E-state index in [2.05, 4.69) is 103 Å². The first-order valence-corrected chi connectivity index (χ1v) is 8.16. The Labute approximate surface area is 140 Å². The molecule has 0 nitrogen and oxygen atoms in total. The second-order valence-corrected chi connectivity index (χ2v) is 6.47. The molecule has 0 amide bonds. The summed E-state index contributed by atoms with van der Waals surface area (Å²) in [7, 11) is 0. The molecule has 0 atom stereocenters. The van der Waals surface area contributed by atoms with E-state index < -0.39 is 0 Å². The van der Waals surface area contributed by atoms with Gasteiger partial charge < -0.3 is 0 Å². The number of halogens is 1. The standard InChI is InChI=1S/C20H17I/c1-14-7-6-10-18(15(14)2)17-11-12-19(20(21)13-17)16-8-4-3-5-9-16/h3-13H,1-2H3. The molecule has 0 bridgehead atoms. The Morgan fingerprint density at radius 2 is 1.43 bits per heavy atom. The molecule has 3 rings (SSSR count). The van der Waals surface area contributed by atoms with Crippen LogP contribution in [0.3, 0.4) is 0 Å². The van der Waals surface area contributed by atoms with Crippen LogP contribution in [-0.4, -0.2) is 0 Å². The highest BCUT2D eigenvalue weighted by atomic mass is 127. The molecule has 0 saturated carbocycles. The van der Waals surface area contributed by atoms with E-state index in [4.69, 9.17) is 0 Å². The number of benzene rings is 3. The van der Waals surface area contributed by atoms with Gasteiger partial charge in [-0.15, -0.1) is 0 Å². The van der Waals surface area contributed by atoms with Gasteiger partial charge >= 0.3 is 0 Å². The van der Waals surface area contributed by atoms with Crippen LogP contribution in [0.5, 0.6) is 0 Å². The first-order valence-electron chi connectivity index (χ1n) is 7.08. The van der Waals surface area contributed by atoms with Crippen LogP contribution in [0, 0.1) is 17.4 Å². The quantitative estimate of drug-likeness (QED) is 0.459. The van der Waals surface area contributed by atoms with E-state index in [1.54, 1.807) is 0 Å². The van der Waals surface area contributed by atoms with Crippen molar-refractivity contribution in [1.82, 2.24) is 0 Å². The van der Waals surface area contributed by atoms with Crippen LogP contribution in [0.25, 0.3) is 22.3 Å². The highest BCUT2D eigenvalue weighted by Gasteiger charge is 2.07. The third-order valence-corrected chi connectivity index (χ3v) is 4.86. The van der Waals surface area contributed by atoms with Crippen LogP contribution in [0.1, 0.15) is 11.1 Å². The molecule has 0 radical (unpaired) electrons. The van der Waals surface area contributed by atoms with Crippen LogP contribution < -0.4 is 0 Å². The zero-order chi connectivity index (χ0) is 14.8. The van der Waals surface area contributed by atoms with Gasteiger partial charge in [0, 0.05) is 3.57 Å². The first kappa shape index (κ1) is 14.3. The largest absolute Gasteiger partial charge is 0.0622 e. The topological polar surface area (TPSA) is 0 Å². The van der Waals surface area contributed by atoms with Gasteiger partial charge in [-0.25, -0.2) is 0 Å². The van der Waals surface area contributed by atoms with Crippen molar-refractivity contribution in [3.63, 3.8) is 0 Å². The van der Waals surface area contributed by atoms with Crippen molar-refractivity contribution < 1.29 is 0 Å². The molecule has 0 aliphatic carbocycles. The summed E-state index contributed by atoms with van der Waals surface area (Å²) in [5, 5.41) is 0. The lowest BCUT2D eigenvalue weighted by Gasteiger charge is -2.11. The first-order chi connectivity index (χ1) is 10.2. The van der Waals surface area contributed by atoms with Crippen LogP contribution in [0.4, 0.5) is 0 Å². The van der Waals surface area contributed by atoms with E-state index in [1.807, 2.05) is 0 Å². The molecule has 3 aromatic carbocycles. The lowest BCUT2D eigenvalue weighted by molar-refractivity contribution is 1.34. The highest BCUT2D eigenvalue weighted by molar-refractivity contribution is 14.1. The zero-order valence-corrected chi connectivity index (χ0v) is 14.4. The van der Waals surface area contributed by atoms with Gasteiger partial charge in [-0.05, 0) is 75.9 Å². The molecule has 104 valence electrons. The van der Waals surface area contributed by atoms with E-state index in [0.717, 1.165) is 0 Å². The van der Waals surface area contributed by atoms with Gasteiger partial charge in [0.15, 0.2) is 0 Å². The lowest BCUT2D eigenvalue weighted by Crippen LogP contribution is -1.89. The Kier molecular flexibility index (Phi) is 4.11. The minimum Gasteiger partial charge on any atom is -0.0622 e. The van der Waals surface area contributed by atoms with Gasteiger partial charge in [0.2, 0.25) is 0 Å². The van der Waals surface area contributed by atoms with E-state index >= 15 is 0 Å². The van der Waals surface area contributed by atoms with Crippen LogP contribution in [0.2, 0.25) is 0 Å². The fraction of sp³-hybridized carbons (Fsp3) is 0.100. The highest BCUT2D eigenvalue weighted by Crippen LogP contribution is 2.31. The summed E-state index contributed by atoms with van der Waals surface area (Å²) in [6.45, 7) is 4.37. The minimum atomic E-state index is 1.27. The average Bonchev–Trinajstić information content (AvgIpc) is 2.51. The number of hydrogen-bond acceptors (Lipinski definition) is 0. The number of aryl methyl sites for hydroxylation is 1. The maximum Gasteiger partial charge on any atom is 0.0214 e. The molecule has 3 aromatic rings. The van der Waals surface area contributed by atoms with Gasteiger partial charge in [0.1, 0.15) is 0 Å². The summed E-state index contributed by atoms with van der Waals surface area (Å²) in [4.78, 5) is 0. The van der Waals surface area contributed by atoms with Crippen LogP contribution >= 0.6 is 22.6 Å². The predicted octanol–water partition coefficient (Wildman–Crippen LogP) is 6.24. The monoisotopic (exact) mass is 384 g/mol. The Morgan fingerprint density at radius 3 is 2.14 bits per heavy atom. The Morgan fingerprint density at radius 1 is 0.667 bits per heavy atom. The fourth-order valence-electron chi connectivity index (χ4n) is 2.60. The SMILES string of the molecule is Cc1cccc(-c2ccc(-c3ccccc3)c(I)c2)c1C. The summed E-state index contributed by atoms with van der Waals surface area (Å²) in [5.74, 6) is 0. The maximum absolute atomic E-state index is 2.44. The molecule has 0 fully saturated rings. The van der Waals surface area contributed by atoms with Crippen molar-refractivity contribution in [2.45, 2.75) is 13.8 Å². The zero-order valence-electron chi connectivity index (χ0n) is 12.2. The van der Waals surface area contributed by atoms with Crippen molar-refractivity contribution in [1.29, 1.82) is 0 Å². The normalized spacial score (nSPS) is 10.6. The molecule has 0 heterocycles. The predicted molar refractivity (Wildman–Crippen MR) is 99.5 cm³/mol. The van der Waals surface area contributed by atoms with Crippen molar-refractivity contribution in [3.8, 4) is 22.3 Å². The Bertz CT molecular complexity index is 773.